The molecule has 0 radical (unpaired) electrons. The molecule has 25 heavy (non-hydrogen) atoms. The van der Waals surface area contributed by atoms with Gasteiger partial charge in [0.1, 0.15) is 0 Å². The van der Waals surface area contributed by atoms with Crippen molar-refractivity contribution in [1.82, 2.24) is 4.90 Å². The Morgan fingerprint density at radius 3 is 2.44 bits per heavy atom. The van der Waals surface area contributed by atoms with Crippen LogP contribution >= 0.6 is 0 Å². The fourth-order valence-corrected chi connectivity index (χ4v) is 3.47. The number of anilines is 1. The number of carbonyl (C=O) groups is 1. The standard InChI is InChI=1S/C22H28N2O/c1-16(2)20-8-10-21(11-9-20)24-13-12-23(18(4)22(24)25)15-19-7-5-6-17(3)14-19/h5-11,14,16,18H,12-13,15H2,1-4H3. The summed E-state index contributed by atoms with van der Waals surface area (Å²) in [6, 6.07) is 16.9. The van der Waals surface area contributed by atoms with Gasteiger partial charge in [-0.1, -0.05) is 55.8 Å². The number of nitrogens with zero attached hydrogens (tertiary/aromatic N) is 2. The fraction of sp³-hybridized carbons (Fsp3) is 0.409. The van der Waals surface area contributed by atoms with Crippen molar-refractivity contribution in [3.8, 4) is 0 Å². The number of aryl methyl sites for hydroxylation is 1. The van der Waals surface area contributed by atoms with Crippen molar-refractivity contribution in [1.29, 1.82) is 0 Å². The second kappa shape index (κ2) is 7.40. The number of carbonyl (C=O) groups excluding carboxylic acids is 1. The van der Waals surface area contributed by atoms with E-state index < -0.39 is 0 Å². The van der Waals surface area contributed by atoms with Gasteiger partial charge in [-0.2, -0.15) is 0 Å². The second-order valence-corrected chi connectivity index (χ2v) is 7.37. The first kappa shape index (κ1) is 17.7. The van der Waals surface area contributed by atoms with Crippen LogP contribution in [0.5, 0.6) is 0 Å². The van der Waals surface area contributed by atoms with Crippen LogP contribution in [0.3, 0.4) is 0 Å². The highest BCUT2D eigenvalue weighted by atomic mass is 16.2. The van der Waals surface area contributed by atoms with Crippen molar-refractivity contribution in [2.24, 2.45) is 0 Å². The monoisotopic (exact) mass is 336 g/mol. The molecule has 0 bridgehead atoms. The van der Waals surface area contributed by atoms with Gasteiger partial charge >= 0.3 is 0 Å². The molecule has 1 atom stereocenters. The average Bonchev–Trinajstić information content (AvgIpc) is 2.59. The zero-order valence-electron chi connectivity index (χ0n) is 15.7. The first-order valence-electron chi connectivity index (χ1n) is 9.16. The van der Waals surface area contributed by atoms with Crippen LogP contribution in [-0.2, 0) is 11.3 Å². The van der Waals surface area contributed by atoms with Gasteiger partial charge in [0.15, 0.2) is 0 Å². The minimum atomic E-state index is -0.0981. The van der Waals surface area contributed by atoms with Gasteiger partial charge in [-0.05, 0) is 43.0 Å². The summed E-state index contributed by atoms with van der Waals surface area (Å²) in [5.74, 6) is 0.700. The maximum absolute atomic E-state index is 12.9. The molecular weight excluding hydrogens is 308 g/mol. The Bertz CT molecular complexity index is 736. The van der Waals surface area contributed by atoms with Crippen LogP contribution in [0.4, 0.5) is 5.69 Å². The van der Waals surface area contributed by atoms with E-state index in [0.717, 1.165) is 25.3 Å². The van der Waals surface area contributed by atoms with Crippen molar-refractivity contribution in [2.75, 3.05) is 18.0 Å². The maximum atomic E-state index is 12.9. The molecule has 1 aliphatic rings. The van der Waals surface area contributed by atoms with Gasteiger partial charge in [0.05, 0.1) is 6.04 Å². The molecule has 0 spiro atoms. The number of hydrogen-bond acceptors (Lipinski definition) is 2. The summed E-state index contributed by atoms with van der Waals surface area (Å²) >= 11 is 0. The minimum Gasteiger partial charge on any atom is -0.310 e. The van der Waals surface area contributed by atoms with Gasteiger partial charge in [-0.15, -0.1) is 0 Å². The van der Waals surface area contributed by atoms with Crippen molar-refractivity contribution in [3.63, 3.8) is 0 Å². The summed E-state index contributed by atoms with van der Waals surface area (Å²) in [7, 11) is 0. The SMILES string of the molecule is Cc1cccc(CN2CCN(c3ccc(C(C)C)cc3)C(=O)C2C)c1. The number of rotatable bonds is 4. The smallest absolute Gasteiger partial charge is 0.244 e. The van der Waals surface area contributed by atoms with Crippen LogP contribution in [0.15, 0.2) is 48.5 Å². The molecule has 3 heteroatoms. The molecule has 3 nitrogen and oxygen atoms in total. The van der Waals surface area contributed by atoms with Gasteiger partial charge in [0.2, 0.25) is 5.91 Å². The molecule has 1 aliphatic heterocycles. The molecule has 1 amide bonds. The first-order chi connectivity index (χ1) is 12.0. The van der Waals surface area contributed by atoms with E-state index in [1.807, 2.05) is 11.8 Å². The van der Waals surface area contributed by atoms with E-state index in [-0.39, 0.29) is 11.9 Å². The summed E-state index contributed by atoms with van der Waals surface area (Å²) in [6.07, 6.45) is 0. The quantitative estimate of drug-likeness (QED) is 0.828. The van der Waals surface area contributed by atoms with Crippen LogP contribution < -0.4 is 4.90 Å². The lowest BCUT2D eigenvalue weighted by atomic mass is 10.0. The lowest BCUT2D eigenvalue weighted by Gasteiger charge is -2.39. The molecule has 3 rings (SSSR count). The van der Waals surface area contributed by atoms with E-state index in [0.29, 0.717) is 5.92 Å². The Morgan fingerprint density at radius 2 is 1.80 bits per heavy atom. The van der Waals surface area contributed by atoms with Crippen LogP contribution in [0, 0.1) is 6.92 Å². The molecular formula is C22H28N2O. The van der Waals surface area contributed by atoms with E-state index in [1.54, 1.807) is 0 Å². The summed E-state index contributed by atoms with van der Waals surface area (Å²) in [4.78, 5) is 17.1. The van der Waals surface area contributed by atoms with Crippen molar-refractivity contribution in [3.05, 3.63) is 65.2 Å². The zero-order valence-corrected chi connectivity index (χ0v) is 15.7. The third kappa shape index (κ3) is 3.93. The molecule has 1 unspecified atom stereocenters. The van der Waals surface area contributed by atoms with E-state index in [1.165, 1.54) is 16.7 Å². The van der Waals surface area contributed by atoms with Crippen molar-refractivity contribution < 1.29 is 4.79 Å². The second-order valence-electron chi connectivity index (χ2n) is 7.37. The summed E-state index contributed by atoms with van der Waals surface area (Å²) in [5.41, 5.74) is 4.86. The topological polar surface area (TPSA) is 23.6 Å². The summed E-state index contributed by atoms with van der Waals surface area (Å²) < 4.78 is 0. The third-order valence-electron chi connectivity index (χ3n) is 5.12. The number of hydrogen-bond donors (Lipinski definition) is 0. The Labute approximate surface area is 151 Å². The van der Waals surface area contributed by atoms with E-state index in [4.69, 9.17) is 0 Å². The third-order valence-corrected chi connectivity index (χ3v) is 5.12. The van der Waals surface area contributed by atoms with Crippen LogP contribution in [0.1, 0.15) is 43.4 Å². The lowest BCUT2D eigenvalue weighted by Crippen LogP contribution is -2.55. The molecule has 0 N–H and O–H groups in total. The molecule has 2 aromatic rings. The van der Waals surface area contributed by atoms with Gasteiger partial charge in [0, 0.05) is 25.3 Å². The Morgan fingerprint density at radius 1 is 1.08 bits per heavy atom. The summed E-state index contributed by atoms with van der Waals surface area (Å²) in [6.45, 7) is 11.0. The van der Waals surface area contributed by atoms with E-state index in [2.05, 4.69) is 74.2 Å². The molecule has 1 saturated heterocycles. The molecule has 0 aliphatic carbocycles. The molecule has 1 heterocycles. The predicted molar refractivity (Wildman–Crippen MR) is 104 cm³/mol. The normalized spacial score (nSPS) is 18.8. The molecule has 1 fully saturated rings. The van der Waals surface area contributed by atoms with Crippen molar-refractivity contribution >= 4 is 11.6 Å². The number of amides is 1. The van der Waals surface area contributed by atoms with Crippen molar-refractivity contribution in [2.45, 2.75) is 46.2 Å². The highest BCUT2D eigenvalue weighted by molar-refractivity contribution is 5.97. The van der Waals surface area contributed by atoms with Gasteiger partial charge in [-0.25, -0.2) is 0 Å². The van der Waals surface area contributed by atoms with Gasteiger partial charge in [-0.3, -0.25) is 9.69 Å². The first-order valence-corrected chi connectivity index (χ1v) is 9.16. The predicted octanol–water partition coefficient (Wildman–Crippen LogP) is 4.36. The molecule has 0 saturated carbocycles. The van der Waals surface area contributed by atoms with E-state index in [9.17, 15) is 4.79 Å². The van der Waals surface area contributed by atoms with Crippen LogP contribution in [0.2, 0.25) is 0 Å². The fourth-order valence-electron chi connectivity index (χ4n) is 3.47. The zero-order chi connectivity index (χ0) is 18.0. The lowest BCUT2D eigenvalue weighted by molar-refractivity contribution is -0.125. The van der Waals surface area contributed by atoms with E-state index >= 15 is 0 Å². The number of benzene rings is 2. The van der Waals surface area contributed by atoms with Crippen LogP contribution in [-0.4, -0.2) is 29.9 Å². The Balaban J connectivity index is 1.70. The highest BCUT2D eigenvalue weighted by Gasteiger charge is 2.32. The number of piperazine rings is 1. The van der Waals surface area contributed by atoms with Gasteiger partial charge in [0.25, 0.3) is 0 Å². The average molecular weight is 336 g/mol. The Hall–Kier alpha value is -2.13. The minimum absolute atomic E-state index is 0.0981. The largest absolute Gasteiger partial charge is 0.310 e. The molecule has 0 aromatic heterocycles. The molecule has 2 aromatic carbocycles. The Kier molecular flexibility index (Phi) is 5.24. The summed E-state index contributed by atoms with van der Waals surface area (Å²) in [5, 5.41) is 0. The highest BCUT2D eigenvalue weighted by Crippen LogP contribution is 2.24. The maximum Gasteiger partial charge on any atom is 0.244 e. The molecule has 132 valence electrons. The van der Waals surface area contributed by atoms with Gasteiger partial charge < -0.3 is 4.90 Å². The van der Waals surface area contributed by atoms with Crippen LogP contribution in [0.25, 0.3) is 0 Å².